The summed E-state index contributed by atoms with van der Waals surface area (Å²) in [4.78, 5) is 19.5. The second-order valence-electron chi connectivity index (χ2n) is 6.13. The average Bonchev–Trinajstić information content (AvgIpc) is 2.80. The molecule has 0 unspecified atom stereocenters. The lowest BCUT2D eigenvalue weighted by atomic mass is 10.0. The van der Waals surface area contributed by atoms with Crippen LogP contribution < -0.4 is 5.32 Å². The van der Waals surface area contributed by atoms with Crippen molar-refractivity contribution in [3.8, 4) is 0 Å². The molecule has 5 nitrogen and oxygen atoms in total. The van der Waals surface area contributed by atoms with Crippen molar-refractivity contribution in [3.63, 3.8) is 0 Å². The number of benzene rings is 2. The summed E-state index contributed by atoms with van der Waals surface area (Å²) in [7, 11) is 0. The van der Waals surface area contributed by atoms with Gasteiger partial charge < -0.3 is 15.0 Å². The molecule has 1 fully saturated rings. The zero-order valence-electron chi connectivity index (χ0n) is 14.1. The number of ether oxygens (including phenoxy) is 1. The minimum absolute atomic E-state index is 0.231. The van der Waals surface area contributed by atoms with E-state index in [1.165, 1.54) is 0 Å². The zero-order valence-corrected chi connectivity index (χ0v) is 14.9. The van der Waals surface area contributed by atoms with Crippen LogP contribution in [0.1, 0.15) is 11.1 Å². The maximum absolute atomic E-state index is 12.7. The van der Waals surface area contributed by atoms with E-state index in [1.54, 1.807) is 6.07 Å². The van der Waals surface area contributed by atoms with E-state index >= 15 is 0 Å². The van der Waals surface area contributed by atoms with Crippen LogP contribution in [0.2, 0.25) is 5.02 Å². The lowest BCUT2D eigenvalue weighted by Gasteiger charge is -2.25. The van der Waals surface area contributed by atoms with E-state index in [0.717, 1.165) is 29.9 Å². The van der Waals surface area contributed by atoms with E-state index in [1.807, 2.05) is 48.7 Å². The Morgan fingerprint density at radius 1 is 1.12 bits per heavy atom. The van der Waals surface area contributed by atoms with Gasteiger partial charge in [0.05, 0.1) is 24.6 Å². The van der Waals surface area contributed by atoms with Gasteiger partial charge in [0.1, 0.15) is 5.70 Å². The number of halogens is 1. The summed E-state index contributed by atoms with van der Waals surface area (Å²) in [5.41, 5.74) is 3.54. The summed E-state index contributed by atoms with van der Waals surface area (Å²) in [5, 5.41) is 3.55. The molecule has 1 N–H and O–H groups in total. The third kappa shape index (κ3) is 3.49. The van der Waals surface area contributed by atoms with Crippen LogP contribution in [-0.4, -0.2) is 42.8 Å². The van der Waals surface area contributed by atoms with Gasteiger partial charge in [-0.3, -0.25) is 4.79 Å². The first kappa shape index (κ1) is 16.8. The molecule has 2 aromatic carbocycles. The molecule has 6 heteroatoms. The quantitative estimate of drug-likeness (QED) is 0.828. The first-order chi connectivity index (χ1) is 12.7. The highest BCUT2D eigenvalue weighted by Crippen LogP contribution is 2.28. The van der Waals surface area contributed by atoms with Gasteiger partial charge in [0, 0.05) is 35.4 Å². The Balaban J connectivity index is 1.84. The molecule has 2 aliphatic heterocycles. The number of rotatable bonds is 2. The largest absolute Gasteiger partial charge is 0.378 e. The van der Waals surface area contributed by atoms with E-state index in [4.69, 9.17) is 21.3 Å². The lowest BCUT2D eigenvalue weighted by Crippen LogP contribution is -2.33. The van der Waals surface area contributed by atoms with Gasteiger partial charge >= 0.3 is 0 Å². The van der Waals surface area contributed by atoms with Crippen LogP contribution in [0.3, 0.4) is 0 Å². The van der Waals surface area contributed by atoms with Crippen LogP contribution in [0.4, 0.5) is 5.69 Å². The second kappa shape index (κ2) is 7.32. The van der Waals surface area contributed by atoms with E-state index < -0.39 is 0 Å². The highest BCUT2D eigenvalue weighted by molar-refractivity contribution is 6.32. The molecule has 0 bridgehead atoms. The van der Waals surface area contributed by atoms with E-state index in [0.29, 0.717) is 29.6 Å². The third-order valence-electron chi connectivity index (χ3n) is 4.35. The van der Waals surface area contributed by atoms with Crippen molar-refractivity contribution in [2.45, 2.75) is 0 Å². The number of carbonyl (C=O) groups excluding carboxylic acids is 1. The molecule has 0 aromatic heterocycles. The summed E-state index contributed by atoms with van der Waals surface area (Å²) in [5.74, 6) is -0.231. The minimum atomic E-state index is -0.231. The van der Waals surface area contributed by atoms with Gasteiger partial charge in [0.25, 0.3) is 5.91 Å². The van der Waals surface area contributed by atoms with Crippen molar-refractivity contribution < 1.29 is 9.53 Å². The number of morpholine rings is 1. The number of fused-ring (bicyclic) bond motifs is 1. The molecule has 0 atom stereocenters. The fourth-order valence-corrected chi connectivity index (χ4v) is 3.19. The molecule has 4 rings (SSSR count). The highest BCUT2D eigenvalue weighted by atomic mass is 35.5. The average molecular weight is 368 g/mol. The Bertz CT molecular complexity index is 887. The number of anilines is 1. The SMILES string of the molecule is O=C1Nc2ccc(Cl)cc2C(c2ccccc2)=NC1=CN1CCOCC1. The highest BCUT2D eigenvalue weighted by Gasteiger charge is 2.22. The smallest absolute Gasteiger partial charge is 0.275 e. The Morgan fingerprint density at radius 3 is 2.65 bits per heavy atom. The molecular formula is C20H18ClN3O2. The van der Waals surface area contributed by atoms with E-state index in [2.05, 4.69) is 10.2 Å². The Labute approximate surface area is 156 Å². The van der Waals surface area contributed by atoms with Crippen LogP contribution in [0, 0.1) is 0 Å². The Hall–Kier alpha value is -2.63. The maximum atomic E-state index is 12.7. The van der Waals surface area contributed by atoms with Crippen LogP contribution in [0.5, 0.6) is 0 Å². The van der Waals surface area contributed by atoms with Gasteiger partial charge in [-0.25, -0.2) is 4.99 Å². The summed E-state index contributed by atoms with van der Waals surface area (Å²) >= 11 is 6.21. The van der Waals surface area contributed by atoms with Crippen LogP contribution in [0.15, 0.2) is 65.4 Å². The molecule has 0 radical (unpaired) electrons. The normalized spacial score (nSPS) is 18.8. The summed E-state index contributed by atoms with van der Waals surface area (Å²) in [6, 6.07) is 15.2. The molecule has 132 valence electrons. The van der Waals surface area contributed by atoms with Crippen molar-refractivity contribution in [3.05, 3.63) is 76.6 Å². The number of hydrogen-bond donors (Lipinski definition) is 1. The monoisotopic (exact) mass is 367 g/mol. The van der Waals surface area contributed by atoms with Gasteiger partial charge in [-0.15, -0.1) is 0 Å². The summed E-state index contributed by atoms with van der Waals surface area (Å²) in [6.45, 7) is 2.78. The van der Waals surface area contributed by atoms with Gasteiger partial charge in [-0.2, -0.15) is 0 Å². The van der Waals surface area contributed by atoms with Crippen molar-refractivity contribution in [1.82, 2.24) is 4.90 Å². The molecule has 26 heavy (non-hydrogen) atoms. The number of hydrogen-bond acceptors (Lipinski definition) is 4. The van der Waals surface area contributed by atoms with Gasteiger partial charge in [0.2, 0.25) is 0 Å². The predicted octanol–water partition coefficient (Wildman–Crippen LogP) is 3.30. The number of aliphatic imine (C=N–C) groups is 1. The first-order valence-corrected chi connectivity index (χ1v) is 8.87. The minimum Gasteiger partial charge on any atom is -0.378 e. The van der Waals surface area contributed by atoms with E-state index in [9.17, 15) is 4.79 Å². The van der Waals surface area contributed by atoms with Gasteiger partial charge in [0.15, 0.2) is 0 Å². The van der Waals surface area contributed by atoms with Crippen LogP contribution >= 0.6 is 11.6 Å². The number of amides is 1. The van der Waals surface area contributed by atoms with E-state index in [-0.39, 0.29) is 5.91 Å². The Morgan fingerprint density at radius 2 is 1.88 bits per heavy atom. The topological polar surface area (TPSA) is 53.9 Å². The molecule has 2 heterocycles. The fraction of sp³-hybridized carbons (Fsp3) is 0.200. The number of nitrogens with one attached hydrogen (secondary N) is 1. The molecule has 2 aromatic rings. The standard InChI is InChI=1S/C20H18ClN3O2/c21-15-6-7-17-16(12-15)19(14-4-2-1-3-5-14)22-18(20(25)23-17)13-24-8-10-26-11-9-24/h1-7,12-13H,8-11H2,(H,23,25). The molecule has 2 aliphatic rings. The van der Waals surface area contributed by atoms with Gasteiger partial charge in [-0.1, -0.05) is 41.9 Å². The molecule has 0 spiro atoms. The molecule has 1 amide bonds. The predicted molar refractivity (Wildman–Crippen MR) is 103 cm³/mol. The Kier molecular flexibility index (Phi) is 4.73. The lowest BCUT2D eigenvalue weighted by molar-refractivity contribution is -0.113. The van der Waals surface area contributed by atoms with Crippen molar-refractivity contribution in [1.29, 1.82) is 0 Å². The first-order valence-electron chi connectivity index (χ1n) is 8.50. The van der Waals surface area contributed by atoms with Crippen molar-refractivity contribution in [2.75, 3.05) is 31.6 Å². The van der Waals surface area contributed by atoms with Crippen LogP contribution in [-0.2, 0) is 9.53 Å². The molecule has 0 saturated carbocycles. The fourth-order valence-electron chi connectivity index (χ4n) is 3.02. The van der Waals surface area contributed by atoms with Crippen molar-refractivity contribution >= 4 is 28.9 Å². The maximum Gasteiger partial charge on any atom is 0.275 e. The zero-order chi connectivity index (χ0) is 17.9. The summed E-state index contributed by atoms with van der Waals surface area (Å²) < 4.78 is 5.37. The number of benzodiazepines with no additional fused rings is 1. The molecule has 0 aliphatic carbocycles. The second-order valence-corrected chi connectivity index (χ2v) is 6.57. The van der Waals surface area contributed by atoms with Gasteiger partial charge in [-0.05, 0) is 18.2 Å². The summed E-state index contributed by atoms with van der Waals surface area (Å²) in [6.07, 6.45) is 1.81. The molecular weight excluding hydrogens is 350 g/mol. The van der Waals surface area contributed by atoms with Crippen molar-refractivity contribution in [2.24, 2.45) is 4.99 Å². The number of carbonyl (C=O) groups is 1. The molecule has 1 saturated heterocycles. The van der Waals surface area contributed by atoms with Crippen LogP contribution in [0.25, 0.3) is 0 Å². The third-order valence-corrected chi connectivity index (χ3v) is 4.58. The number of nitrogens with zero attached hydrogens (tertiary/aromatic N) is 2.